The summed E-state index contributed by atoms with van der Waals surface area (Å²) in [5.41, 5.74) is 3.19. The molecule has 4 aromatic rings. The normalized spacial score (nSPS) is 10.8. The summed E-state index contributed by atoms with van der Waals surface area (Å²) < 4.78 is 25.1. The number of carbonyl (C=O) groups is 2. The molecule has 0 saturated carbocycles. The summed E-state index contributed by atoms with van der Waals surface area (Å²) in [6.45, 7) is 3.56. The highest BCUT2D eigenvalue weighted by molar-refractivity contribution is 6.34. The summed E-state index contributed by atoms with van der Waals surface area (Å²) in [5, 5.41) is 13.5. The van der Waals surface area contributed by atoms with Gasteiger partial charge in [0.1, 0.15) is 17.2 Å². The zero-order valence-electron chi connectivity index (χ0n) is 19.5. The summed E-state index contributed by atoms with van der Waals surface area (Å²) in [6, 6.07) is 18.3. The predicted molar refractivity (Wildman–Crippen MR) is 134 cm³/mol. The summed E-state index contributed by atoms with van der Waals surface area (Å²) in [6.07, 6.45) is -1.08. The molecule has 1 heterocycles. The average Bonchev–Trinajstić information content (AvgIpc) is 3.23. The van der Waals surface area contributed by atoms with E-state index in [0.29, 0.717) is 44.5 Å². The minimum absolute atomic E-state index is 0.0776. The lowest BCUT2D eigenvalue weighted by Gasteiger charge is -2.23. The van der Waals surface area contributed by atoms with Gasteiger partial charge in [0.25, 0.3) is 0 Å². The first-order chi connectivity index (χ1) is 17.3. The Bertz CT molecular complexity index is 1440. The molecule has 1 amide bonds. The predicted octanol–water partition coefficient (Wildman–Crippen LogP) is 7.03. The van der Waals surface area contributed by atoms with E-state index in [9.17, 15) is 14.0 Å². The van der Waals surface area contributed by atoms with Crippen LogP contribution >= 0.6 is 11.6 Å². The van der Waals surface area contributed by atoms with E-state index in [4.69, 9.17) is 26.0 Å². The number of aliphatic carboxylic acids is 1. The minimum atomic E-state index is -1.12. The number of nitrogens with zero attached hydrogens (tertiary/aromatic N) is 2. The minimum Gasteiger partial charge on any atom is -0.481 e. The van der Waals surface area contributed by atoms with Gasteiger partial charge in [0.2, 0.25) is 0 Å². The summed E-state index contributed by atoms with van der Waals surface area (Å²) >= 11 is 6.43. The third-order valence-electron chi connectivity index (χ3n) is 5.44. The molecule has 36 heavy (non-hydrogen) atoms. The quantitative estimate of drug-likeness (QED) is 0.288. The third-order valence-corrected chi connectivity index (χ3v) is 5.76. The first-order valence-corrected chi connectivity index (χ1v) is 11.5. The Labute approximate surface area is 211 Å². The molecule has 9 heteroatoms. The van der Waals surface area contributed by atoms with Crippen molar-refractivity contribution in [2.24, 2.45) is 0 Å². The number of aromatic nitrogens is 1. The van der Waals surface area contributed by atoms with Crippen molar-refractivity contribution in [3.05, 3.63) is 88.8 Å². The van der Waals surface area contributed by atoms with Crippen LogP contribution in [-0.4, -0.2) is 28.9 Å². The second-order valence-corrected chi connectivity index (χ2v) is 8.30. The Hall–Kier alpha value is -4.17. The summed E-state index contributed by atoms with van der Waals surface area (Å²) in [4.78, 5) is 25.5. The zero-order valence-corrected chi connectivity index (χ0v) is 20.3. The highest BCUT2D eigenvalue weighted by atomic mass is 35.5. The molecule has 0 aliphatic rings. The molecule has 0 spiro atoms. The lowest BCUT2D eigenvalue weighted by Crippen LogP contribution is -2.27. The van der Waals surface area contributed by atoms with Gasteiger partial charge in [-0.25, -0.2) is 14.1 Å². The molecule has 3 aromatic carbocycles. The maximum Gasteiger partial charge on any atom is 0.419 e. The van der Waals surface area contributed by atoms with Crippen LogP contribution in [0.25, 0.3) is 22.5 Å². The van der Waals surface area contributed by atoms with Crippen LogP contribution in [0.4, 0.5) is 20.6 Å². The van der Waals surface area contributed by atoms with E-state index in [-0.39, 0.29) is 12.2 Å². The monoisotopic (exact) mass is 508 g/mol. The number of ether oxygens (including phenoxy) is 1. The van der Waals surface area contributed by atoms with Crippen molar-refractivity contribution in [1.82, 2.24) is 5.16 Å². The molecule has 0 unspecified atom stereocenters. The Balaban J connectivity index is 1.83. The second kappa shape index (κ2) is 10.6. The number of hydrogen-bond donors (Lipinski definition) is 1. The van der Waals surface area contributed by atoms with E-state index < -0.39 is 24.3 Å². The number of carboxylic acids is 1. The fraction of sp³-hybridized carbons (Fsp3) is 0.148. The Morgan fingerprint density at radius 3 is 2.50 bits per heavy atom. The molecule has 0 aliphatic heterocycles. The Kier molecular flexibility index (Phi) is 7.36. The molecule has 0 bridgehead atoms. The molecular formula is C27H22ClFN2O5. The van der Waals surface area contributed by atoms with E-state index in [2.05, 4.69) is 5.16 Å². The fourth-order valence-electron chi connectivity index (χ4n) is 3.84. The molecule has 1 N–H and O–H groups in total. The number of hydrogen-bond acceptors (Lipinski definition) is 5. The van der Waals surface area contributed by atoms with E-state index in [1.165, 1.54) is 17.0 Å². The van der Waals surface area contributed by atoms with Crippen molar-refractivity contribution in [3.8, 4) is 22.5 Å². The van der Waals surface area contributed by atoms with Gasteiger partial charge in [-0.1, -0.05) is 53.2 Å². The number of amides is 1. The SMILES string of the molecule is CCOC(=O)N(c1ccccc1Cl)c1c(C)noc1-c1cccc(-c2ccc(F)c(CC(=O)O)c2)c1. The number of para-hydroxylation sites is 1. The van der Waals surface area contributed by atoms with Gasteiger partial charge in [-0.2, -0.15) is 0 Å². The van der Waals surface area contributed by atoms with Crippen molar-refractivity contribution in [2.45, 2.75) is 20.3 Å². The Morgan fingerprint density at radius 2 is 1.78 bits per heavy atom. The van der Waals surface area contributed by atoms with Crippen molar-refractivity contribution in [1.29, 1.82) is 0 Å². The van der Waals surface area contributed by atoms with E-state index in [0.717, 1.165) is 0 Å². The van der Waals surface area contributed by atoms with Gasteiger partial charge in [-0.3, -0.25) is 4.79 Å². The molecular weight excluding hydrogens is 487 g/mol. The van der Waals surface area contributed by atoms with Gasteiger partial charge < -0.3 is 14.4 Å². The number of aryl methyl sites for hydroxylation is 1. The van der Waals surface area contributed by atoms with Crippen LogP contribution in [-0.2, 0) is 16.0 Å². The first-order valence-electron chi connectivity index (χ1n) is 11.1. The molecule has 0 radical (unpaired) electrons. The van der Waals surface area contributed by atoms with Gasteiger partial charge in [-0.05, 0) is 60.9 Å². The average molecular weight is 509 g/mol. The topological polar surface area (TPSA) is 92.9 Å². The van der Waals surface area contributed by atoms with Crippen LogP contribution in [0.2, 0.25) is 5.02 Å². The number of halogens is 2. The van der Waals surface area contributed by atoms with Gasteiger partial charge in [-0.15, -0.1) is 0 Å². The number of anilines is 2. The molecule has 184 valence electrons. The number of rotatable bonds is 7. The fourth-order valence-corrected chi connectivity index (χ4v) is 4.06. The van der Waals surface area contributed by atoms with Crippen LogP contribution in [0.5, 0.6) is 0 Å². The second-order valence-electron chi connectivity index (χ2n) is 7.89. The molecule has 4 rings (SSSR count). The van der Waals surface area contributed by atoms with Crippen LogP contribution in [0.3, 0.4) is 0 Å². The van der Waals surface area contributed by atoms with Crippen molar-refractivity contribution in [2.75, 3.05) is 11.5 Å². The molecule has 0 aliphatic carbocycles. The van der Waals surface area contributed by atoms with Crippen molar-refractivity contribution < 1.29 is 28.3 Å². The van der Waals surface area contributed by atoms with E-state index in [1.807, 2.05) is 0 Å². The van der Waals surface area contributed by atoms with Crippen LogP contribution in [0.15, 0.2) is 71.3 Å². The van der Waals surface area contributed by atoms with Gasteiger partial charge in [0, 0.05) is 5.56 Å². The highest BCUT2D eigenvalue weighted by Crippen LogP contribution is 2.41. The van der Waals surface area contributed by atoms with Gasteiger partial charge in [0.05, 0.1) is 23.7 Å². The highest BCUT2D eigenvalue weighted by Gasteiger charge is 2.30. The number of benzene rings is 3. The van der Waals surface area contributed by atoms with Gasteiger partial charge >= 0.3 is 12.1 Å². The van der Waals surface area contributed by atoms with Crippen LogP contribution in [0, 0.1) is 12.7 Å². The maximum absolute atomic E-state index is 14.1. The van der Waals surface area contributed by atoms with Gasteiger partial charge in [0.15, 0.2) is 5.76 Å². The standard InChI is InChI=1S/C27H22ClFN2O5/c1-3-35-27(34)31(23-10-5-4-9-21(23)28)25-16(2)30-36-26(25)19-8-6-7-17(13-19)18-11-12-22(29)20(14-18)15-24(32)33/h4-14H,3,15H2,1-2H3,(H,32,33). The van der Waals surface area contributed by atoms with E-state index >= 15 is 0 Å². The lowest BCUT2D eigenvalue weighted by atomic mass is 9.98. The Morgan fingerprint density at radius 1 is 1.06 bits per heavy atom. The van der Waals surface area contributed by atoms with Crippen molar-refractivity contribution in [3.63, 3.8) is 0 Å². The molecule has 0 saturated heterocycles. The smallest absolute Gasteiger partial charge is 0.419 e. The number of carboxylic acid groups (broad SMARTS) is 1. The van der Waals surface area contributed by atoms with Crippen LogP contribution in [0.1, 0.15) is 18.2 Å². The summed E-state index contributed by atoms with van der Waals surface area (Å²) in [7, 11) is 0. The third kappa shape index (κ3) is 5.08. The van der Waals surface area contributed by atoms with Crippen molar-refractivity contribution >= 4 is 35.0 Å². The molecule has 1 aromatic heterocycles. The molecule has 0 atom stereocenters. The van der Waals surface area contributed by atoms with Crippen LogP contribution < -0.4 is 4.90 Å². The number of carbonyl (C=O) groups excluding carboxylic acids is 1. The zero-order chi connectivity index (χ0) is 25.8. The lowest BCUT2D eigenvalue weighted by molar-refractivity contribution is -0.136. The largest absolute Gasteiger partial charge is 0.481 e. The maximum atomic E-state index is 14.1. The summed E-state index contributed by atoms with van der Waals surface area (Å²) in [5.74, 6) is -1.41. The first kappa shape index (κ1) is 24.9. The van der Waals surface area contributed by atoms with E-state index in [1.54, 1.807) is 68.4 Å². The molecule has 0 fully saturated rings. The molecule has 7 nitrogen and oxygen atoms in total.